The van der Waals surface area contributed by atoms with Gasteiger partial charge in [-0.05, 0) is 31.0 Å². The Morgan fingerprint density at radius 3 is 2.65 bits per heavy atom. The number of benzene rings is 1. The van der Waals surface area contributed by atoms with Crippen molar-refractivity contribution in [2.45, 2.75) is 25.4 Å². The molecule has 4 heteroatoms. The van der Waals surface area contributed by atoms with Crippen LogP contribution in [-0.4, -0.2) is 19.2 Å². The highest BCUT2D eigenvalue weighted by Gasteiger charge is 2.46. The van der Waals surface area contributed by atoms with Crippen molar-refractivity contribution in [1.82, 2.24) is 0 Å². The minimum absolute atomic E-state index is 0.170. The molecular weight excluding hydrogens is 240 g/mol. The first-order valence-electron chi connectivity index (χ1n) is 5.72. The number of rotatable bonds is 5. The average molecular weight is 255 g/mol. The molecular formula is C13H15ClO3. The molecule has 0 amide bonds. The van der Waals surface area contributed by atoms with Crippen LogP contribution in [0.25, 0.3) is 0 Å². The fourth-order valence-corrected chi connectivity index (χ4v) is 1.96. The number of hydrogen-bond acceptors (Lipinski definition) is 3. The molecule has 1 fully saturated rings. The zero-order valence-corrected chi connectivity index (χ0v) is 10.5. The van der Waals surface area contributed by atoms with Crippen LogP contribution in [0.15, 0.2) is 24.3 Å². The highest BCUT2D eigenvalue weighted by Crippen LogP contribution is 2.43. The summed E-state index contributed by atoms with van der Waals surface area (Å²) in [6.45, 7) is 2.89. The molecule has 1 unspecified atom stereocenters. The molecule has 1 atom stereocenters. The molecule has 0 radical (unpaired) electrons. The summed E-state index contributed by atoms with van der Waals surface area (Å²) >= 11 is 5.84. The van der Waals surface area contributed by atoms with Crippen LogP contribution in [0.2, 0.25) is 5.02 Å². The SMILES string of the molecule is CCOC(=O)CCC1(c2ccc(Cl)cc2)CO1. The van der Waals surface area contributed by atoms with E-state index < -0.39 is 0 Å². The Hall–Kier alpha value is -1.06. The van der Waals surface area contributed by atoms with Crippen LogP contribution in [-0.2, 0) is 19.9 Å². The van der Waals surface area contributed by atoms with Crippen molar-refractivity contribution in [3.8, 4) is 0 Å². The van der Waals surface area contributed by atoms with Gasteiger partial charge in [0, 0.05) is 11.4 Å². The minimum Gasteiger partial charge on any atom is -0.466 e. The molecule has 1 saturated heterocycles. The Morgan fingerprint density at radius 2 is 2.12 bits per heavy atom. The van der Waals surface area contributed by atoms with Crippen molar-refractivity contribution in [3.05, 3.63) is 34.9 Å². The number of carbonyl (C=O) groups excluding carboxylic acids is 1. The monoisotopic (exact) mass is 254 g/mol. The normalized spacial score (nSPS) is 22.2. The third kappa shape index (κ3) is 2.99. The fraction of sp³-hybridized carbons (Fsp3) is 0.462. The van der Waals surface area contributed by atoms with Gasteiger partial charge >= 0.3 is 5.97 Å². The number of epoxide rings is 1. The van der Waals surface area contributed by atoms with Gasteiger partial charge in [-0.1, -0.05) is 23.7 Å². The van der Waals surface area contributed by atoms with Gasteiger partial charge in [-0.15, -0.1) is 0 Å². The van der Waals surface area contributed by atoms with E-state index in [1.54, 1.807) is 6.92 Å². The maximum absolute atomic E-state index is 11.3. The molecule has 2 rings (SSSR count). The zero-order valence-electron chi connectivity index (χ0n) is 9.74. The van der Waals surface area contributed by atoms with Gasteiger partial charge in [0.15, 0.2) is 0 Å². The standard InChI is InChI=1S/C13H15ClO3/c1-2-16-12(15)7-8-13(9-17-13)10-3-5-11(14)6-4-10/h3-6H,2,7-9H2,1H3. The molecule has 1 aromatic rings. The highest BCUT2D eigenvalue weighted by atomic mass is 35.5. The maximum Gasteiger partial charge on any atom is 0.305 e. The van der Waals surface area contributed by atoms with Gasteiger partial charge in [-0.3, -0.25) is 4.79 Å². The van der Waals surface area contributed by atoms with E-state index in [9.17, 15) is 4.79 Å². The number of ether oxygens (including phenoxy) is 2. The third-order valence-electron chi connectivity index (χ3n) is 2.90. The van der Waals surface area contributed by atoms with Gasteiger partial charge < -0.3 is 9.47 Å². The molecule has 3 nitrogen and oxygen atoms in total. The summed E-state index contributed by atoms with van der Waals surface area (Å²) in [6, 6.07) is 7.57. The second-order valence-electron chi connectivity index (χ2n) is 4.09. The van der Waals surface area contributed by atoms with Crippen molar-refractivity contribution in [1.29, 1.82) is 0 Å². The largest absolute Gasteiger partial charge is 0.466 e. The topological polar surface area (TPSA) is 38.8 Å². The maximum atomic E-state index is 11.3. The molecule has 1 aliphatic rings. The van der Waals surface area contributed by atoms with Crippen LogP contribution in [0.3, 0.4) is 0 Å². The number of hydrogen-bond donors (Lipinski definition) is 0. The summed E-state index contributed by atoms with van der Waals surface area (Å²) in [6.07, 6.45) is 1.05. The zero-order chi connectivity index (χ0) is 12.3. The van der Waals surface area contributed by atoms with Crippen molar-refractivity contribution < 1.29 is 14.3 Å². The van der Waals surface area contributed by atoms with Crippen LogP contribution in [0.1, 0.15) is 25.3 Å². The fourth-order valence-electron chi connectivity index (χ4n) is 1.83. The van der Waals surface area contributed by atoms with Crippen LogP contribution in [0.4, 0.5) is 0 Å². The van der Waals surface area contributed by atoms with Gasteiger partial charge in [0.1, 0.15) is 5.60 Å². The molecule has 0 saturated carbocycles. The van der Waals surface area contributed by atoms with Crippen molar-refractivity contribution >= 4 is 17.6 Å². The Kier molecular flexibility index (Phi) is 3.69. The second-order valence-corrected chi connectivity index (χ2v) is 4.53. The molecule has 1 heterocycles. The third-order valence-corrected chi connectivity index (χ3v) is 3.15. The number of carbonyl (C=O) groups is 1. The quantitative estimate of drug-likeness (QED) is 0.599. The lowest BCUT2D eigenvalue weighted by Crippen LogP contribution is -2.13. The lowest BCUT2D eigenvalue weighted by molar-refractivity contribution is -0.143. The first kappa shape index (κ1) is 12.4. The summed E-state index contributed by atoms with van der Waals surface area (Å²) in [4.78, 5) is 11.3. The molecule has 1 aliphatic heterocycles. The molecule has 1 aromatic carbocycles. The van der Waals surface area contributed by atoms with E-state index >= 15 is 0 Å². The first-order valence-corrected chi connectivity index (χ1v) is 6.10. The van der Waals surface area contributed by atoms with E-state index in [0.717, 1.165) is 5.56 Å². The molecule has 0 N–H and O–H groups in total. The summed E-state index contributed by atoms with van der Waals surface area (Å²) in [5.74, 6) is -0.170. The molecule has 0 aliphatic carbocycles. The minimum atomic E-state index is -0.294. The van der Waals surface area contributed by atoms with E-state index in [4.69, 9.17) is 21.1 Å². The number of halogens is 1. The van der Waals surface area contributed by atoms with Crippen LogP contribution < -0.4 is 0 Å². The molecule has 0 spiro atoms. The van der Waals surface area contributed by atoms with Gasteiger partial charge in [0.2, 0.25) is 0 Å². The van der Waals surface area contributed by atoms with Gasteiger partial charge in [-0.25, -0.2) is 0 Å². The van der Waals surface area contributed by atoms with Gasteiger partial charge in [0.25, 0.3) is 0 Å². The Balaban J connectivity index is 1.95. The van der Waals surface area contributed by atoms with E-state index in [1.807, 2.05) is 24.3 Å². The summed E-state index contributed by atoms with van der Waals surface area (Å²) in [7, 11) is 0. The van der Waals surface area contributed by atoms with E-state index in [2.05, 4.69) is 0 Å². The van der Waals surface area contributed by atoms with E-state index in [0.29, 0.717) is 31.1 Å². The van der Waals surface area contributed by atoms with Crippen LogP contribution >= 0.6 is 11.6 Å². The second kappa shape index (κ2) is 5.07. The van der Waals surface area contributed by atoms with Crippen molar-refractivity contribution in [2.24, 2.45) is 0 Å². The predicted octanol–water partition coefficient (Wildman–Crippen LogP) is 2.91. The Morgan fingerprint density at radius 1 is 1.47 bits per heavy atom. The van der Waals surface area contributed by atoms with E-state index in [-0.39, 0.29) is 11.6 Å². The Bertz CT molecular complexity index is 396. The molecule has 0 aromatic heterocycles. The molecule has 17 heavy (non-hydrogen) atoms. The van der Waals surface area contributed by atoms with Gasteiger partial charge in [-0.2, -0.15) is 0 Å². The first-order chi connectivity index (χ1) is 8.16. The highest BCUT2D eigenvalue weighted by molar-refractivity contribution is 6.30. The summed E-state index contributed by atoms with van der Waals surface area (Å²) in [5.41, 5.74) is 0.781. The smallest absolute Gasteiger partial charge is 0.305 e. The van der Waals surface area contributed by atoms with Crippen LogP contribution in [0, 0.1) is 0 Å². The van der Waals surface area contributed by atoms with Crippen molar-refractivity contribution in [2.75, 3.05) is 13.2 Å². The molecule has 92 valence electrons. The number of esters is 1. The summed E-state index contributed by atoms with van der Waals surface area (Å²) in [5, 5.41) is 0.704. The van der Waals surface area contributed by atoms with E-state index in [1.165, 1.54) is 0 Å². The lowest BCUT2D eigenvalue weighted by atomic mass is 9.95. The Labute approximate surface area is 106 Å². The average Bonchev–Trinajstić information content (AvgIpc) is 3.09. The predicted molar refractivity (Wildman–Crippen MR) is 64.9 cm³/mol. The van der Waals surface area contributed by atoms with Crippen molar-refractivity contribution in [3.63, 3.8) is 0 Å². The summed E-state index contributed by atoms with van der Waals surface area (Å²) < 4.78 is 10.4. The molecule has 0 bridgehead atoms. The lowest BCUT2D eigenvalue weighted by Gasteiger charge is -2.11. The van der Waals surface area contributed by atoms with Crippen LogP contribution in [0.5, 0.6) is 0 Å². The van der Waals surface area contributed by atoms with Gasteiger partial charge in [0.05, 0.1) is 13.2 Å².